The molecule has 1 atom stereocenters. The Bertz CT molecular complexity index is 937. The molecule has 6 nitrogen and oxygen atoms in total. The number of thioether (sulfide) groups is 1. The standard InChI is InChI=1S/C19H17Cl2N3O3S/c1-11-17(26)23-19(24(18(11)27)13-5-3-2-4-6-13)28-10-16(25)22-15-8-7-12(20)9-14(15)21/h2-9,19,27H,10H2,1H3,(H,22,25)(H,23,26)/t19-/m0/s1. The molecule has 2 amide bonds. The zero-order chi connectivity index (χ0) is 20.3. The molecule has 0 aromatic heterocycles. The summed E-state index contributed by atoms with van der Waals surface area (Å²) < 4.78 is 0. The van der Waals surface area contributed by atoms with Crippen molar-refractivity contribution in [2.75, 3.05) is 16.0 Å². The number of anilines is 2. The summed E-state index contributed by atoms with van der Waals surface area (Å²) in [4.78, 5) is 26.0. The molecule has 3 N–H and O–H groups in total. The second kappa shape index (κ2) is 8.77. The smallest absolute Gasteiger partial charge is 0.254 e. The van der Waals surface area contributed by atoms with Gasteiger partial charge in [-0.25, -0.2) is 0 Å². The fraction of sp³-hybridized carbons (Fsp3) is 0.158. The highest BCUT2D eigenvalue weighted by molar-refractivity contribution is 8.00. The van der Waals surface area contributed by atoms with Crippen LogP contribution in [0.3, 0.4) is 0 Å². The third kappa shape index (κ3) is 4.55. The number of halogens is 2. The van der Waals surface area contributed by atoms with Crippen molar-refractivity contribution in [3.63, 3.8) is 0 Å². The zero-order valence-electron chi connectivity index (χ0n) is 14.8. The van der Waals surface area contributed by atoms with Gasteiger partial charge >= 0.3 is 0 Å². The zero-order valence-corrected chi connectivity index (χ0v) is 17.1. The predicted molar refractivity (Wildman–Crippen MR) is 114 cm³/mol. The Balaban J connectivity index is 1.72. The van der Waals surface area contributed by atoms with Crippen molar-refractivity contribution in [3.05, 3.63) is 70.0 Å². The van der Waals surface area contributed by atoms with E-state index in [0.717, 1.165) is 11.8 Å². The molecule has 0 saturated heterocycles. The molecule has 1 aliphatic heterocycles. The van der Waals surface area contributed by atoms with Gasteiger partial charge in [-0.2, -0.15) is 0 Å². The molecule has 0 unspecified atom stereocenters. The molecule has 0 spiro atoms. The van der Waals surface area contributed by atoms with Gasteiger partial charge < -0.3 is 15.7 Å². The Morgan fingerprint density at radius 3 is 2.64 bits per heavy atom. The molecular formula is C19H17Cl2N3O3S. The van der Waals surface area contributed by atoms with E-state index in [1.165, 1.54) is 13.0 Å². The number of benzene rings is 2. The van der Waals surface area contributed by atoms with Crippen LogP contribution >= 0.6 is 35.0 Å². The second-order valence-electron chi connectivity index (χ2n) is 5.96. The fourth-order valence-corrected chi connectivity index (χ4v) is 3.97. The van der Waals surface area contributed by atoms with E-state index in [0.29, 0.717) is 21.4 Å². The van der Waals surface area contributed by atoms with E-state index in [1.54, 1.807) is 17.0 Å². The Morgan fingerprint density at radius 1 is 1.25 bits per heavy atom. The van der Waals surface area contributed by atoms with Gasteiger partial charge in [0.25, 0.3) is 5.91 Å². The number of para-hydroxylation sites is 1. The van der Waals surface area contributed by atoms with Crippen LogP contribution in [-0.4, -0.2) is 28.2 Å². The molecular weight excluding hydrogens is 421 g/mol. The minimum absolute atomic E-state index is 0.0273. The highest BCUT2D eigenvalue weighted by atomic mass is 35.5. The van der Waals surface area contributed by atoms with Gasteiger partial charge in [0, 0.05) is 10.7 Å². The lowest BCUT2D eigenvalue weighted by Gasteiger charge is -2.36. The number of rotatable bonds is 5. The van der Waals surface area contributed by atoms with Gasteiger partial charge in [-0.05, 0) is 37.3 Å². The van der Waals surface area contributed by atoms with Crippen LogP contribution in [0.5, 0.6) is 0 Å². The molecule has 3 rings (SSSR count). The molecule has 2 aromatic rings. The largest absolute Gasteiger partial charge is 0.494 e. The normalized spacial score (nSPS) is 16.8. The molecule has 0 bridgehead atoms. The topological polar surface area (TPSA) is 81.7 Å². The molecule has 0 radical (unpaired) electrons. The molecule has 9 heteroatoms. The Morgan fingerprint density at radius 2 is 1.96 bits per heavy atom. The van der Waals surface area contributed by atoms with Crippen LogP contribution in [0.15, 0.2) is 60.0 Å². The lowest BCUT2D eigenvalue weighted by Crippen LogP contribution is -2.51. The first kappa shape index (κ1) is 20.4. The quantitative estimate of drug-likeness (QED) is 0.646. The van der Waals surface area contributed by atoms with Crippen LogP contribution in [0, 0.1) is 0 Å². The monoisotopic (exact) mass is 437 g/mol. The van der Waals surface area contributed by atoms with Crippen molar-refractivity contribution in [1.29, 1.82) is 0 Å². The summed E-state index contributed by atoms with van der Waals surface area (Å²) in [5, 5.41) is 16.8. The first-order chi connectivity index (χ1) is 13.4. The van der Waals surface area contributed by atoms with E-state index in [9.17, 15) is 14.7 Å². The van der Waals surface area contributed by atoms with Gasteiger partial charge in [0.1, 0.15) is 0 Å². The summed E-state index contributed by atoms with van der Waals surface area (Å²) in [6.07, 6.45) is 0. The fourth-order valence-electron chi connectivity index (χ4n) is 2.57. The van der Waals surface area contributed by atoms with Crippen molar-refractivity contribution in [2.45, 2.75) is 12.4 Å². The highest BCUT2D eigenvalue weighted by Gasteiger charge is 2.33. The molecule has 28 heavy (non-hydrogen) atoms. The minimum atomic E-state index is -0.648. The first-order valence-corrected chi connectivity index (χ1v) is 10.1. The minimum Gasteiger partial charge on any atom is -0.494 e. The SMILES string of the molecule is CC1=C(O)N(c2ccccc2)[C@@H](SCC(=O)Nc2ccc(Cl)cc2Cl)NC1=O. The maximum atomic E-state index is 12.3. The van der Waals surface area contributed by atoms with Crippen LogP contribution in [0.2, 0.25) is 10.0 Å². The van der Waals surface area contributed by atoms with Crippen LogP contribution in [0.25, 0.3) is 0 Å². The molecule has 0 fully saturated rings. The molecule has 0 aliphatic carbocycles. The van der Waals surface area contributed by atoms with Gasteiger partial charge in [-0.15, -0.1) is 11.8 Å². The molecule has 0 saturated carbocycles. The maximum Gasteiger partial charge on any atom is 0.254 e. The van der Waals surface area contributed by atoms with Crippen LogP contribution in [0.1, 0.15) is 6.92 Å². The van der Waals surface area contributed by atoms with E-state index in [-0.39, 0.29) is 29.0 Å². The number of aliphatic hydroxyl groups excluding tert-OH is 1. The van der Waals surface area contributed by atoms with E-state index in [2.05, 4.69) is 10.6 Å². The number of amides is 2. The second-order valence-corrected chi connectivity index (χ2v) is 7.88. The van der Waals surface area contributed by atoms with Gasteiger partial charge in [-0.1, -0.05) is 41.4 Å². The van der Waals surface area contributed by atoms with Gasteiger partial charge in [-0.3, -0.25) is 14.5 Å². The third-order valence-corrected chi connectivity index (χ3v) is 5.63. The van der Waals surface area contributed by atoms with E-state index >= 15 is 0 Å². The average molecular weight is 438 g/mol. The summed E-state index contributed by atoms with van der Waals surface area (Å²) in [6, 6.07) is 13.9. The van der Waals surface area contributed by atoms with Crippen molar-refractivity contribution < 1.29 is 14.7 Å². The summed E-state index contributed by atoms with van der Waals surface area (Å²) >= 11 is 13.1. The van der Waals surface area contributed by atoms with Gasteiger partial charge in [0.2, 0.25) is 11.8 Å². The van der Waals surface area contributed by atoms with Crippen molar-refractivity contribution >= 4 is 58.2 Å². The van der Waals surface area contributed by atoms with Gasteiger partial charge in [0.05, 0.1) is 22.0 Å². The number of hydrogen-bond donors (Lipinski definition) is 3. The van der Waals surface area contributed by atoms with Crippen molar-refractivity contribution in [1.82, 2.24) is 5.32 Å². The van der Waals surface area contributed by atoms with E-state index in [1.807, 2.05) is 30.3 Å². The van der Waals surface area contributed by atoms with E-state index in [4.69, 9.17) is 23.2 Å². The van der Waals surface area contributed by atoms with Crippen molar-refractivity contribution in [3.8, 4) is 0 Å². The Kier molecular flexibility index (Phi) is 6.39. The number of nitrogens with zero attached hydrogens (tertiary/aromatic N) is 1. The number of carbonyl (C=O) groups is 2. The Labute approximate surface area is 176 Å². The summed E-state index contributed by atoms with van der Waals surface area (Å²) in [7, 11) is 0. The third-order valence-electron chi connectivity index (χ3n) is 4.01. The van der Waals surface area contributed by atoms with Crippen LogP contribution < -0.4 is 15.5 Å². The molecule has 146 valence electrons. The highest BCUT2D eigenvalue weighted by Crippen LogP contribution is 2.30. The van der Waals surface area contributed by atoms with Crippen molar-refractivity contribution in [2.24, 2.45) is 0 Å². The van der Waals surface area contributed by atoms with Crippen LogP contribution in [-0.2, 0) is 9.59 Å². The molecule has 2 aromatic carbocycles. The summed E-state index contributed by atoms with van der Waals surface area (Å²) in [5.41, 5.74) is 0.698. The average Bonchev–Trinajstić information content (AvgIpc) is 2.67. The number of hydrogen-bond acceptors (Lipinski definition) is 5. The summed E-state index contributed by atoms with van der Waals surface area (Å²) in [5.74, 6) is -0.807. The predicted octanol–water partition coefficient (Wildman–Crippen LogP) is 4.37. The lowest BCUT2D eigenvalue weighted by atomic mass is 10.2. The summed E-state index contributed by atoms with van der Waals surface area (Å²) in [6.45, 7) is 1.54. The lowest BCUT2D eigenvalue weighted by molar-refractivity contribution is -0.118. The molecule has 1 aliphatic rings. The number of carbonyl (C=O) groups excluding carboxylic acids is 2. The number of aliphatic hydroxyl groups is 1. The van der Waals surface area contributed by atoms with Gasteiger partial charge in [0.15, 0.2) is 5.50 Å². The van der Waals surface area contributed by atoms with Crippen LogP contribution in [0.4, 0.5) is 11.4 Å². The maximum absolute atomic E-state index is 12.3. The first-order valence-electron chi connectivity index (χ1n) is 8.28. The molecule has 1 heterocycles. The Hall–Kier alpha value is -2.35. The number of nitrogens with one attached hydrogen (secondary N) is 2. The van der Waals surface area contributed by atoms with E-state index < -0.39 is 5.50 Å².